The van der Waals surface area contributed by atoms with Gasteiger partial charge in [-0.1, -0.05) is 13.8 Å². The predicted molar refractivity (Wildman–Crippen MR) is 73.7 cm³/mol. The van der Waals surface area contributed by atoms with Gasteiger partial charge in [-0.25, -0.2) is 0 Å². The van der Waals surface area contributed by atoms with Crippen LogP contribution in [0.3, 0.4) is 0 Å². The second-order valence-electron chi connectivity index (χ2n) is 5.85. The average Bonchev–Trinajstić information content (AvgIpc) is 2.68. The van der Waals surface area contributed by atoms with Crippen LogP contribution in [0.4, 0.5) is 11.4 Å². The Morgan fingerprint density at radius 2 is 2.11 bits per heavy atom. The first-order chi connectivity index (χ1) is 8.80. The maximum Gasteiger partial charge on any atom is 0.282 e. The van der Waals surface area contributed by atoms with Crippen molar-refractivity contribution in [1.82, 2.24) is 0 Å². The summed E-state index contributed by atoms with van der Waals surface area (Å²) in [6.45, 7) is 7.49. The minimum atomic E-state index is -0.485. The van der Waals surface area contributed by atoms with Crippen LogP contribution in [0, 0.1) is 15.5 Å². The Kier molecular flexibility index (Phi) is 3.30. The highest BCUT2D eigenvalue weighted by Gasteiger charge is 2.30. The molecule has 102 valence electrons. The van der Waals surface area contributed by atoms with E-state index in [-0.39, 0.29) is 22.4 Å². The van der Waals surface area contributed by atoms with Crippen molar-refractivity contribution in [3.05, 3.63) is 33.9 Å². The molecule has 1 saturated heterocycles. The molecule has 19 heavy (non-hydrogen) atoms. The van der Waals surface area contributed by atoms with Crippen LogP contribution in [0.1, 0.15) is 37.6 Å². The summed E-state index contributed by atoms with van der Waals surface area (Å²) in [5.74, 6) is -0.278. The van der Waals surface area contributed by atoms with Gasteiger partial charge in [0.25, 0.3) is 5.69 Å². The number of Topliss-reactive ketones (excluding diaryl/α,β-unsaturated/α-hetero) is 1. The summed E-state index contributed by atoms with van der Waals surface area (Å²) < 4.78 is 0. The molecule has 0 N–H and O–H groups in total. The molecule has 0 saturated carbocycles. The molecule has 1 aliphatic rings. The molecular weight excluding hydrogens is 244 g/mol. The molecule has 5 heteroatoms. The number of carbonyl (C=O) groups is 1. The van der Waals surface area contributed by atoms with Crippen LogP contribution >= 0.6 is 0 Å². The lowest BCUT2D eigenvalue weighted by atomic mass is 9.93. The van der Waals surface area contributed by atoms with Gasteiger partial charge in [-0.15, -0.1) is 0 Å². The van der Waals surface area contributed by atoms with Crippen LogP contribution in [0.5, 0.6) is 0 Å². The number of nitro groups is 1. The van der Waals surface area contributed by atoms with Crippen LogP contribution in [0.25, 0.3) is 0 Å². The van der Waals surface area contributed by atoms with E-state index in [4.69, 9.17) is 0 Å². The first-order valence-corrected chi connectivity index (χ1v) is 6.34. The summed E-state index contributed by atoms with van der Waals surface area (Å²) >= 11 is 0. The van der Waals surface area contributed by atoms with E-state index in [0.29, 0.717) is 0 Å². The number of benzene rings is 1. The summed E-state index contributed by atoms with van der Waals surface area (Å²) in [6, 6.07) is 4.87. The number of rotatable bonds is 3. The van der Waals surface area contributed by atoms with Crippen molar-refractivity contribution >= 4 is 17.2 Å². The second-order valence-corrected chi connectivity index (χ2v) is 5.85. The zero-order valence-electron chi connectivity index (χ0n) is 11.5. The van der Waals surface area contributed by atoms with Gasteiger partial charge in [0.1, 0.15) is 0 Å². The first kappa shape index (κ1) is 13.5. The highest BCUT2D eigenvalue weighted by Crippen LogP contribution is 2.34. The number of nitrogens with zero attached hydrogens (tertiary/aromatic N) is 2. The van der Waals surface area contributed by atoms with Crippen molar-refractivity contribution in [3.8, 4) is 0 Å². The van der Waals surface area contributed by atoms with E-state index in [1.165, 1.54) is 13.0 Å². The predicted octanol–water partition coefficient (Wildman–Crippen LogP) is 3.03. The third kappa shape index (κ3) is 2.75. The fraction of sp³-hybridized carbons (Fsp3) is 0.500. The molecule has 0 aromatic heterocycles. The maximum absolute atomic E-state index is 11.4. The fourth-order valence-electron chi connectivity index (χ4n) is 2.50. The van der Waals surface area contributed by atoms with Crippen molar-refractivity contribution < 1.29 is 9.72 Å². The van der Waals surface area contributed by atoms with Crippen LogP contribution in [-0.2, 0) is 0 Å². The van der Waals surface area contributed by atoms with Crippen molar-refractivity contribution in [3.63, 3.8) is 0 Å². The number of hydrogen-bond donors (Lipinski definition) is 0. The SMILES string of the molecule is CC(=O)c1ccc(N2CCC(C)(C)C2)cc1[N+](=O)[O-]. The highest BCUT2D eigenvalue weighted by molar-refractivity contribution is 5.98. The lowest BCUT2D eigenvalue weighted by Crippen LogP contribution is -2.22. The lowest BCUT2D eigenvalue weighted by molar-refractivity contribution is -0.385. The van der Waals surface area contributed by atoms with Gasteiger partial charge in [0.2, 0.25) is 0 Å². The molecule has 0 aliphatic carbocycles. The third-order valence-electron chi connectivity index (χ3n) is 3.60. The molecule has 5 nitrogen and oxygen atoms in total. The number of ketones is 1. The average molecular weight is 262 g/mol. The van der Waals surface area contributed by atoms with E-state index in [0.717, 1.165) is 25.2 Å². The second kappa shape index (κ2) is 4.64. The number of carbonyl (C=O) groups excluding carboxylic acids is 1. The molecule has 1 heterocycles. The molecule has 0 spiro atoms. The minimum Gasteiger partial charge on any atom is -0.371 e. The van der Waals surface area contributed by atoms with Gasteiger partial charge >= 0.3 is 0 Å². The monoisotopic (exact) mass is 262 g/mol. The molecule has 0 unspecified atom stereocenters. The normalized spacial score (nSPS) is 17.5. The molecule has 0 atom stereocenters. The van der Waals surface area contributed by atoms with Gasteiger partial charge in [-0.05, 0) is 30.9 Å². The van der Waals surface area contributed by atoms with E-state index in [9.17, 15) is 14.9 Å². The molecule has 0 bridgehead atoms. The smallest absolute Gasteiger partial charge is 0.282 e. The summed E-state index contributed by atoms with van der Waals surface area (Å²) in [6.07, 6.45) is 1.06. The molecule has 1 aliphatic heterocycles. The minimum absolute atomic E-state index is 0.102. The molecule has 0 radical (unpaired) electrons. The number of anilines is 1. The van der Waals surface area contributed by atoms with Gasteiger partial charge < -0.3 is 4.90 Å². The van der Waals surface area contributed by atoms with Gasteiger partial charge in [0.15, 0.2) is 5.78 Å². The zero-order valence-corrected chi connectivity index (χ0v) is 11.5. The van der Waals surface area contributed by atoms with E-state index < -0.39 is 4.92 Å². The van der Waals surface area contributed by atoms with E-state index >= 15 is 0 Å². The van der Waals surface area contributed by atoms with Crippen molar-refractivity contribution in [2.24, 2.45) is 5.41 Å². The van der Waals surface area contributed by atoms with Crippen molar-refractivity contribution in [2.45, 2.75) is 27.2 Å². The molecular formula is C14H18N2O3. The van der Waals surface area contributed by atoms with Gasteiger partial charge in [0, 0.05) is 24.8 Å². The fourth-order valence-corrected chi connectivity index (χ4v) is 2.50. The van der Waals surface area contributed by atoms with Crippen LogP contribution in [-0.4, -0.2) is 23.8 Å². The Morgan fingerprint density at radius 3 is 2.58 bits per heavy atom. The quantitative estimate of drug-likeness (QED) is 0.477. The van der Waals surface area contributed by atoms with Gasteiger partial charge in [-0.2, -0.15) is 0 Å². The first-order valence-electron chi connectivity index (χ1n) is 6.34. The third-order valence-corrected chi connectivity index (χ3v) is 3.60. The molecule has 0 amide bonds. The molecule has 1 fully saturated rings. The molecule has 2 rings (SSSR count). The van der Waals surface area contributed by atoms with Crippen LogP contribution in [0.15, 0.2) is 18.2 Å². The summed E-state index contributed by atoms with van der Waals surface area (Å²) in [4.78, 5) is 24.1. The summed E-state index contributed by atoms with van der Waals surface area (Å²) in [5, 5.41) is 11.1. The van der Waals surface area contributed by atoms with Gasteiger partial charge in [-0.3, -0.25) is 14.9 Å². The van der Waals surface area contributed by atoms with Crippen LogP contribution in [0.2, 0.25) is 0 Å². The summed E-state index contributed by atoms with van der Waals surface area (Å²) in [7, 11) is 0. The van der Waals surface area contributed by atoms with Gasteiger partial charge in [0.05, 0.1) is 10.5 Å². The largest absolute Gasteiger partial charge is 0.371 e. The van der Waals surface area contributed by atoms with Crippen LogP contribution < -0.4 is 4.90 Å². The zero-order chi connectivity index (χ0) is 14.2. The van der Waals surface area contributed by atoms with E-state index in [1.807, 2.05) is 0 Å². The Morgan fingerprint density at radius 1 is 1.42 bits per heavy atom. The highest BCUT2D eigenvalue weighted by atomic mass is 16.6. The lowest BCUT2D eigenvalue weighted by Gasteiger charge is -2.21. The maximum atomic E-state index is 11.4. The van der Waals surface area contributed by atoms with Crippen molar-refractivity contribution in [2.75, 3.05) is 18.0 Å². The Labute approximate surface area is 112 Å². The Bertz CT molecular complexity index is 537. The molecule has 1 aromatic rings. The Hall–Kier alpha value is -1.91. The summed E-state index contributed by atoms with van der Waals surface area (Å²) in [5.41, 5.74) is 1.12. The Balaban J connectivity index is 2.37. The topological polar surface area (TPSA) is 63.5 Å². The van der Waals surface area contributed by atoms with E-state index in [1.54, 1.807) is 12.1 Å². The number of hydrogen-bond acceptors (Lipinski definition) is 4. The van der Waals surface area contributed by atoms with E-state index in [2.05, 4.69) is 18.7 Å². The standard InChI is InChI=1S/C14H18N2O3/c1-10(17)12-5-4-11(8-13(12)16(18)19)15-7-6-14(2,3)9-15/h4-5,8H,6-7,9H2,1-3H3. The van der Waals surface area contributed by atoms with Crippen molar-refractivity contribution in [1.29, 1.82) is 0 Å². The number of nitro benzene ring substituents is 1. The molecule has 1 aromatic carbocycles.